The van der Waals surface area contributed by atoms with Crippen molar-refractivity contribution in [1.29, 1.82) is 0 Å². The van der Waals surface area contributed by atoms with Crippen LogP contribution in [0.25, 0.3) is 6.08 Å². The lowest BCUT2D eigenvalue weighted by atomic mass is 10.1. The smallest absolute Gasteiger partial charge is 0.217 e. The quantitative estimate of drug-likeness (QED) is 0.691. The summed E-state index contributed by atoms with van der Waals surface area (Å²) < 4.78 is 0. The van der Waals surface area contributed by atoms with E-state index >= 15 is 0 Å². The molecule has 0 aromatic heterocycles. The Bertz CT molecular complexity index is 382. The lowest BCUT2D eigenvalue weighted by Crippen LogP contribution is -2.11. The Labute approximate surface area is 109 Å². The first kappa shape index (κ1) is 14.5. The lowest BCUT2D eigenvalue weighted by molar-refractivity contribution is -0.117. The van der Waals surface area contributed by atoms with Gasteiger partial charge in [-0.2, -0.15) is 0 Å². The van der Waals surface area contributed by atoms with E-state index < -0.39 is 0 Å². The van der Waals surface area contributed by atoms with Gasteiger partial charge in [0.2, 0.25) is 5.91 Å². The molecule has 0 bridgehead atoms. The summed E-state index contributed by atoms with van der Waals surface area (Å²) in [4.78, 5) is 10.7. The van der Waals surface area contributed by atoms with Crippen molar-refractivity contribution in [2.45, 2.75) is 32.1 Å². The predicted octanol–water partition coefficient (Wildman–Crippen LogP) is 2.25. The monoisotopic (exact) mass is 246 g/mol. The normalized spacial score (nSPS) is 10.9. The molecule has 0 fully saturated rings. The molecule has 0 atom stereocenters. The average molecular weight is 246 g/mol. The van der Waals surface area contributed by atoms with Gasteiger partial charge < -0.3 is 11.5 Å². The van der Waals surface area contributed by atoms with Gasteiger partial charge in [0.05, 0.1) is 0 Å². The number of rotatable bonds is 8. The van der Waals surface area contributed by atoms with Crippen molar-refractivity contribution >= 4 is 12.0 Å². The summed E-state index contributed by atoms with van der Waals surface area (Å²) in [5.41, 5.74) is 12.9. The third-order valence-corrected chi connectivity index (χ3v) is 2.78. The summed E-state index contributed by atoms with van der Waals surface area (Å²) in [5, 5.41) is 0. The number of unbranched alkanes of at least 4 members (excludes halogenated alkanes) is 2. The second-order valence-corrected chi connectivity index (χ2v) is 4.39. The molecule has 1 rings (SSSR count). The van der Waals surface area contributed by atoms with Gasteiger partial charge in [0.15, 0.2) is 0 Å². The zero-order valence-corrected chi connectivity index (χ0v) is 10.8. The molecular weight excluding hydrogens is 224 g/mol. The van der Waals surface area contributed by atoms with Crippen LogP contribution in [0.2, 0.25) is 0 Å². The minimum Gasteiger partial charge on any atom is -0.370 e. The van der Waals surface area contributed by atoms with Gasteiger partial charge in [-0.3, -0.25) is 4.79 Å². The largest absolute Gasteiger partial charge is 0.370 e. The molecular formula is C15H22N2O. The van der Waals surface area contributed by atoms with Crippen molar-refractivity contribution in [2.75, 3.05) is 6.54 Å². The van der Waals surface area contributed by atoms with Crippen LogP contribution < -0.4 is 11.5 Å². The summed E-state index contributed by atoms with van der Waals surface area (Å²) >= 11 is 0. The predicted molar refractivity (Wildman–Crippen MR) is 75.9 cm³/mol. The van der Waals surface area contributed by atoms with E-state index in [9.17, 15) is 4.79 Å². The first-order valence-corrected chi connectivity index (χ1v) is 6.46. The van der Waals surface area contributed by atoms with Gasteiger partial charge in [-0.25, -0.2) is 0 Å². The number of benzene rings is 1. The third-order valence-electron chi connectivity index (χ3n) is 2.78. The maximum atomic E-state index is 10.7. The number of aryl methyl sites for hydroxylation is 1. The summed E-state index contributed by atoms with van der Waals surface area (Å²) in [6, 6.07) is 8.22. The van der Waals surface area contributed by atoms with Crippen LogP contribution in [-0.2, 0) is 11.2 Å². The highest BCUT2D eigenvalue weighted by molar-refractivity contribution is 5.74. The number of carbonyl (C=O) groups excluding carboxylic acids is 1. The molecule has 3 heteroatoms. The minimum absolute atomic E-state index is 0.251. The minimum atomic E-state index is -0.251. The van der Waals surface area contributed by atoms with Crippen LogP contribution in [0.3, 0.4) is 0 Å². The number of primary amides is 1. The number of hydrogen-bond donors (Lipinski definition) is 2. The average Bonchev–Trinajstić information content (AvgIpc) is 2.37. The highest BCUT2D eigenvalue weighted by Crippen LogP contribution is 2.09. The first-order valence-electron chi connectivity index (χ1n) is 6.46. The van der Waals surface area contributed by atoms with Gasteiger partial charge >= 0.3 is 0 Å². The molecule has 0 saturated heterocycles. The van der Waals surface area contributed by atoms with Gasteiger partial charge in [-0.1, -0.05) is 36.4 Å². The molecule has 0 unspecified atom stereocenters. The van der Waals surface area contributed by atoms with E-state index in [1.165, 1.54) is 5.56 Å². The molecule has 98 valence electrons. The van der Waals surface area contributed by atoms with Crippen molar-refractivity contribution in [3.8, 4) is 0 Å². The molecule has 0 aliphatic heterocycles. The van der Waals surface area contributed by atoms with Gasteiger partial charge in [0, 0.05) is 6.42 Å². The van der Waals surface area contributed by atoms with Gasteiger partial charge in [0.1, 0.15) is 0 Å². The van der Waals surface area contributed by atoms with Gasteiger partial charge in [-0.15, -0.1) is 0 Å². The number of hydrogen-bond acceptors (Lipinski definition) is 2. The second kappa shape index (κ2) is 8.48. The molecule has 1 aromatic carbocycles. The Morgan fingerprint density at radius 1 is 1.17 bits per heavy atom. The molecule has 0 heterocycles. The van der Waals surface area contributed by atoms with E-state index in [2.05, 4.69) is 24.3 Å². The summed E-state index contributed by atoms with van der Waals surface area (Å²) in [6.45, 7) is 0.766. The number of allylic oxidation sites excluding steroid dienone is 1. The summed E-state index contributed by atoms with van der Waals surface area (Å²) in [5.74, 6) is -0.251. The highest BCUT2D eigenvalue weighted by Gasteiger charge is 1.96. The molecule has 3 nitrogen and oxygen atoms in total. The van der Waals surface area contributed by atoms with E-state index in [0.717, 1.165) is 37.8 Å². The fourth-order valence-electron chi connectivity index (χ4n) is 1.69. The van der Waals surface area contributed by atoms with Crippen molar-refractivity contribution in [1.82, 2.24) is 0 Å². The van der Waals surface area contributed by atoms with E-state index in [1.54, 1.807) is 0 Å². The number of nitrogens with two attached hydrogens (primary N) is 2. The van der Waals surface area contributed by atoms with Crippen LogP contribution in [-0.4, -0.2) is 12.5 Å². The standard InChI is InChI=1S/C15H22N2O/c16-12-4-2-1-3-5-13-6-8-14(9-7-13)10-11-15(17)18/h3,5-9H,1-2,4,10-12,16H2,(H2,17,18). The number of carbonyl (C=O) groups is 1. The SMILES string of the molecule is NCCCCC=Cc1ccc(CCC(N)=O)cc1. The van der Waals surface area contributed by atoms with Crippen LogP contribution in [0.4, 0.5) is 0 Å². The molecule has 1 amide bonds. The van der Waals surface area contributed by atoms with Gasteiger partial charge in [-0.05, 0) is 43.4 Å². The van der Waals surface area contributed by atoms with E-state index in [1.807, 2.05) is 12.1 Å². The Morgan fingerprint density at radius 3 is 2.50 bits per heavy atom. The zero-order chi connectivity index (χ0) is 13.2. The maximum absolute atomic E-state index is 10.7. The van der Waals surface area contributed by atoms with Crippen molar-refractivity contribution in [3.05, 3.63) is 41.5 Å². The van der Waals surface area contributed by atoms with Crippen molar-refractivity contribution < 1.29 is 4.79 Å². The summed E-state index contributed by atoms with van der Waals surface area (Å²) in [7, 11) is 0. The third kappa shape index (κ3) is 6.21. The second-order valence-electron chi connectivity index (χ2n) is 4.39. The van der Waals surface area contributed by atoms with Gasteiger partial charge in [0.25, 0.3) is 0 Å². The van der Waals surface area contributed by atoms with Crippen LogP contribution in [0.15, 0.2) is 30.3 Å². The van der Waals surface area contributed by atoms with Crippen molar-refractivity contribution in [3.63, 3.8) is 0 Å². The molecule has 0 radical (unpaired) electrons. The highest BCUT2D eigenvalue weighted by atomic mass is 16.1. The Kier molecular flexibility index (Phi) is 6.81. The van der Waals surface area contributed by atoms with Crippen molar-refractivity contribution in [2.24, 2.45) is 11.5 Å². The maximum Gasteiger partial charge on any atom is 0.217 e. The topological polar surface area (TPSA) is 69.1 Å². The Balaban J connectivity index is 2.37. The molecule has 4 N–H and O–H groups in total. The Morgan fingerprint density at radius 2 is 1.89 bits per heavy atom. The fourth-order valence-corrected chi connectivity index (χ4v) is 1.69. The fraction of sp³-hybridized carbons (Fsp3) is 0.400. The summed E-state index contributed by atoms with van der Waals surface area (Å²) in [6.07, 6.45) is 8.72. The van der Waals surface area contributed by atoms with Crippen LogP contribution in [0.5, 0.6) is 0 Å². The van der Waals surface area contributed by atoms with E-state index in [-0.39, 0.29) is 5.91 Å². The molecule has 1 aromatic rings. The Hall–Kier alpha value is -1.61. The number of amides is 1. The van der Waals surface area contributed by atoms with Crippen LogP contribution in [0.1, 0.15) is 36.8 Å². The molecule has 0 spiro atoms. The van der Waals surface area contributed by atoms with E-state index in [0.29, 0.717) is 6.42 Å². The first-order chi connectivity index (χ1) is 8.72. The van der Waals surface area contributed by atoms with Crippen LogP contribution in [0, 0.1) is 0 Å². The molecule has 0 saturated carbocycles. The molecule has 18 heavy (non-hydrogen) atoms. The van der Waals surface area contributed by atoms with Crippen LogP contribution >= 0.6 is 0 Å². The molecule has 0 aliphatic carbocycles. The lowest BCUT2D eigenvalue weighted by Gasteiger charge is -2.00. The zero-order valence-electron chi connectivity index (χ0n) is 10.8. The van der Waals surface area contributed by atoms with E-state index in [4.69, 9.17) is 11.5 Å². The molecule has 0 aliphatic rings.